The highest BCUT2D eigenvalue weighted by Crippen LogP contribution is 2.35. The zero-order valence-electron chi connectivity index (χ0n) is 8.81. The van der Waals surface area contributed by atoms with E-state index in [1.165, 1.54) is 12.1 Å². The zero-order chi connectivity index (χ0) is 12.6. The predicted molar refractivity (Wildman–Crippen MR) is 62.8 cm³/mol. The summed E-state index contributed by atoms with van der Waals surface area (Å²) in [6.07, 6.45) is 0. The van der Waals surface area contributed by atoms with Crippen molar-refractivity contribution in [2.24, 2.45) is 0 Å². The molecular formula is C10H8ClN3O3. The number of benzene rings is 1. The number of hydrogen-bond donors (Lipinski definition) is 1. The smallest absolute Gasteiger partial charge is 0.281 e. The molecule has 0 unspecified atom stereocenters. The normalized spacial score (nSPS) is 10.5. The van der Waals surface area contributed by atoms with E-state index < -0.39 is 4.92 Å². The topological polar surface area (TPSA) is 95.2 Å². The Bertz CT molecular complexity index is 594. The molecule has 88 valence electrons. The molecule has 1 aromatic carbocycles. The Morgan fingerprint density at radius 2 is 2.24 bits per heavy atom. The predicted octanol–water partition coefficient (Wildman–Crippen LogP) is 2.79. The van der Waals surface area contributed by atoms with Crippen molar-refractivity contribution in [2.45, 2.75) is 6.92 Å². The molecule has 7 heteroatoms. The first kappa shape index (κ1) is 11.4. The van der Waals surface area contributed by atoms with Crippen molar-refractivity contribution < 1.29 is 9.45 Å². The number of nitrogens with zero attached hydrogens (tertiary/aromatic N) is 2. The molecule has 0 bridgehead atoms. The average molecular weight is 254 g/mol. The highest BCUT2D eigenvalue weighted by molar-refractivity contribution is 6.30. The average Bonchev–Trinajstić information content (AvgIpc) is 2.60. The van der Waals surface area contributed by atoms with Gasteiger partial charge in [0.1, 0.15) is 0 Å². The summed E-state index contributed by atoms with van der Waals surface area (Å²) in [5, 5.41) is 14.8. The van der Waals surface area contributed by atoms with Crippen LogP contribution in [0, 0.1) is 17.0 Å². The number of nitrogens with two attached hydrogens (primary N) is 1. The quantitative estimate of drug-likeness (QED) is 0.656. The Balaban J connectivity index is 2.67. The van der Waals surface area contributed by atoms with Gasteiger partial charge in [-0.2, -0.15) is 0 Å². The molecule has 1 aromatic heterocycles. The second kappa shape index (κ2) is 4.06. The van der Waals surface area contributed by atoms with E-state index in [0.29, 0.717) is 11.1 Å². The van der Waals surface area contributed by atoms with Gasteiger partial charge in [-0.05, 0) is 19.1 Å². The lowest BCUT2D eigenvalue weighted by atomic mass is 10.1. The van der Waals surface area contributed by atoms with Crippen molar-refractivity contribution in [1.82, 2.24) is 5.16 Å². The summed E-state index contributed by atoms with van der Waals surface area (Å²) in [4.78, 5) is 10.4. The Labute approximate surface area is 101 Å². The molecule has 0 atom stereocenters. The molecule has 1 heterocycles. The van der Waals surface area contributed by atoms with Gasteiger partial charge in [0.05, 0.1) is 10.5 Å². The maximum absolute atomic E-state index is 10.9. The van der Waals surface area contributed by atoms with E-state index in [4.69, 9.17) is 21.9 Å². The van der Waals surface area contributed by atoms with E-state index in [1.807, 2.05) is 0 Å². The van der Waals surface area contributed by atoms with Gasteiger partial charge >= 0.3 is 0 Å². The molecule has 0 aliphatic carbocycles. The van der Waals surface area contributed by atoms with E-state index in [0.717, 1.165) is 0 Å². The third-order valence-electron chi connectivity index (χ3n) is 2.36. The number of halogens is 1. The molecule has 0 spiro atoms. The van der Waals surface area contributed by atoms with E-state index in [1.54, 1.807) is 13.0 Å². The van der Waals surface area contributed by atoms with E-state index in [2.05, 4.69) is 5.16 Å². The molecular weight excluding hydrogens is 246 g/mol. The molecule has 0 aliphatic rings. The Hall–Kier alpha value is -2.08. The number of nitro groups is 1. The molecule has 0 saturated carbocycles. The van der Waals surface area contributed by atoms with E-state index in [-0.39, 0.29) is 22.3 Å². The van der Waals surface area contributed by atoms with Gasteiger partial charge in [0, 0.05) is 16.7 Å². The van der Waals surface area contributed by atoms with Gasteiger partial charge in [-0.3, -0.25) is 10.1 Å². The van der Waals surface area contributed by atoms with E-state index in [9.17, 15) is 10.1 Å². The minimum atomic E-state index is -0.528. The molecule has 6 nitrogen and oxygen atoms in total. The van der Waals surface area contributed by atoms with Gasteiger partial charge in [0.15, 0.2) is 11.6 Å². The first-order chi connectivity index (χ1) is 8.00. The second-order valence-corrected chi connectivity index (χ2v) is 3.88. The van der Waals surface area contributed by atoms with Crippen LogP contribution in [0.5, 0.6) is 0 Å². The van der Waals surface area contributed by atoms with Crippen LogP contribution in [0.1, 0.15) is 5.56 Å². The van der Waals surface area contributed by atoms with Crippen molar-refractivity contribution in [3.63, 3.8) is 0 Å². The first-order valence-corrected chi connectivity index (χ1v) is 5.04. The zero-order valence-corrected chi connectivity index (χ0v) is 9.56. The summed E-state index contributed by atoms with van der Waals surface area (Å²) in [5.41, 5.74) is 6.26. The Morgan fingerprint density at radius 3 is 2.76 bits per heavy atom. The van der Waals surface area contributed by atoms with Crippen LogP contribution >= 0.6 is 11.6 Å². The lowest BCUT2D eigenvalue weighted by Crippen LogP contribution is -1.92. The van der Waals surface area contributed by atoms with Gasteiger partial charge in [0.2, 0.25) is 0 Å². The summed E-state index contributed by atoms with van der Waals surface area (Å²) in [6.45, 7) is 1.68. The summed E-state index contributed by atoms with van der Waals surface area (Å²) in [6, 6.07) is 4.31. The monoisotopic (exact) mass is 253 g/mol. The number of rotatable bonds is 2. The molecule has 0 radical (unpaired) electrons. The minimum absolute atomic E-state index is 0.142. The van der Waals surface area contributed by atoms with Crippen molar-refractivity contribution in [2.75, 3.05) is 5.73 Å². The fourth-order valence-corrected chi connectivity index (χ4v) is 1.61. The number of nitrogen functional groups attached to an aromatic ring is 1. The van der Waals surface area contributed by atoms with Crippen LogP contribution in [0.25, 0.3) is 11.3 Å². The van der Waals surface area contributed by atoms with Gasteiger partial charge in [0.25, 0.3) is 5.69 Å². The maximum Gasteiger partial charge on any atom is 0.281 e. The summed E-state index contributed by atoms with van der Waals surface area (Å²) in [5.74, 6) is 0.495. The number of anilines is 1. The standard InChI is InChI=1S/C10H8ClN3O3/c1-5-9(17-13-10(5)12)7-3-2-6(11)4-8(7)14(15)16/h2-4H,1H3,(H2,12,13). The summed E-state index contributed by atoms with van der Waals surface area (Å²) in [7, 11) is 0. The molecule has 17 heavy (non-hydrogen) atoms. The van der Waals surface area contributed by atoms with Crippen LogP contribution < -0.4 is 5.73 Å². The number of hydrogen-bond acceptors (Lipinski definition) is 5. The van der Waals surface area contributed by atoms with Crippen molar-refractivity contribution in [3.8, 4) is 11.3 Å². The van der Waals surface area contributed by atoms with E-state index >= 15 is 0 Å². The van der Waals surface area contributed by atoms with Crippen LogP contribution in [0.2, 0.25) is 5.02 Å². The molecule has 0 fully saturated rings. The number of aromatic nitrogens is 1. The minimum Gasteiger partial charge on any atom is -0.381 e. The molecule has 2 aromatic rings. The second-order valence-electron chi connectivity index (χ2n) is 3.44. The third-order valence-corrected chi connectivity index (χ3v) is 2.60. The maximum atomic E-state index is 10.9. The summed E-state index contributed by atoms with van der Waals surface area (Å²) >= 11 is 5.72. The van der Waals surface area contributed by atoms with Crippen LogP contribution in [0.4, 0.5) is 11.5 Å². The molecule has 2 N–H and O–H groups in total. The summed E-state index contributed by atoms with van der Waals surface area (Å²) < 4.78 is 4.99. The van der Waals surface area contributed by atoms with Gasteiger partial charge < -0.3 is 10.3 Å². The van der Waals surface area contributed by atoms with Crippen molar-refractivity contribution in [1.29, 1.82) is 0 Å². The molecule has 2 rings (SSSR count). The van der Waals surface area contributed by atoms with Crippen LogP contribution in [0.3, 0.4) is 0 Å². The van der Waals surface area contributed by atoms with Crippen LogP contribution in [-0.2, 0) is 0 Å². The fourth-order valence-electron chi connectivity index (χ4n) is 1.45. The highest BCUT2D eigenvalue weighted by atomic mass is 35.5. The number of nitro benzene ring substituents is 1. The lowest BCUT2D eigenvalue weighted by molar-refractivity contribution is -0.384. The molecule has 0 saturated heterocycles. The van der Waals surface area contributed by atoms with Gasteiger partial charge in [-0.15, -0.1) is 0 Å². The Kier molecular flexibility index (Phi) is 2.72. The largest absolute Gasteiger partial charge is 0.381 e. The highest BCUT2D eigenvalue weighted by Gasteiger charge is 2.22. The van der Waals surface area contributed by atoms with Crippen LogP contribution in [0.15, 0.2) is 22.7 Å². The van der Waals surface area contributed by atoms with Gasteiger partial charge in [-0.25, -0.2) is 0 Å². The van der Waals surface area contributed by atoms with Crippen molar-refractivity contribution in [3.05, 3.63) is 38.9 Å². The van der Waals surface area contributed by atoms with Crippen molar-refractivity contribution >= 4 is 23.1 Å². The fraction of sp³-hybridized carbons (Fsp3) is 0.100. The SMILES string of the molecule is Cc1c(N)noc1-c1ccc(Cl)cc1[N+](=O)[O-]. The first-order valence-electron chi connectivity index (χ1n) is 4.66. The van der Waals surface area contributed by atoms with Gasteiger partial charge in [-0.1, -0.05) is 16.8 Å². The van der Waals surface area contributed by atoms with Crippen LogP contribution in [-0.4, -0.2) is 10.1 Å². The third kappa shape index (κ3) is 1.94. The molecule has 0 aliphatic heterocycles. The molecule has 0 amide bonds. The Morgan fingerprint density at radius 1 is 1.53 bits per heavy atom. The lowest BCUT2D eigenvalue weighted by Gasteiger charge is -2.00.